The minimum Gasteiger partial charge on any atom is -0.453 e. The Morgan fingerprint density at radius 3 is 2.38 bits per heavy atom. The Hall–Kier alpha value is -4.15. The van der Waals surface area contributed by atoms with Gasteiger partial charge in [-0.15, -0.1) is 0 Å². The van der Waals surface area contributed by atoms with E-state index < -0.39 is 57.0 Å². The summed E-state index contributed by atoms with van der Waals surface area (Å²) in [4.78, 5) is 41.7. The maximum absolute atomic E-state index is 14.9. The Morgan fingerprint density at radius 2 is 1.75 bits per heavy atom. The largest absolute Gasteiger partial charge is 0.453 e. The Labute approximate surface area is 326 Å². The molecule has 306 valence electrons. The van der Waals surface area contributed by atoms with E-state index in [9.17, 15) is 41.1 Å². The van der Waals surface area contributed by atoms with E-state index in [1.54, 1.807) is 24.3 Å². The standard InChI is InChI=1S/C40H52F3N5O7S/c1-4-36(50)47-21-33(20-39(42,43)26-47)56(53,54)32-13-11-31(12-14-32)48-24-38(52,25-48)23-46-17-15-28(16-18-46)40(22-44-27(2)49,29-7-5-8-30(41)19-29)34-9-6-10-35(34)45-37(51)55-3/h4-5,7-8,11-14,19,28,33-35,52H,1,6,9-10,15-18,20-26H2,2-3H3,(H,44,49)(H,45,51)/t33-,34+,35+,40+/m1/s1. The summed E-state index contributed by atoms with van der Waals surface area (Å²) >= 11 is 0. The van der Waals surface area contributed by atoms with Crippen molar-refractivity contribution < 1.29 is 45.8 Å². The van der Waals surface area contributed by atoms with Crippen LogP contribution >= 0.6 is 0 Å². The van der Waals surface area contributed by atoms with Crippen LogP contribution in [0.3, 0.4) is 0 Å². The highest BCUT2D eigenvalue weighted by Gasteiger charge is 2.53. The van der Waals surface area contributed by atoms with Gasteiger partial charge in [0.2, 0.25) is 11.8 Å². The van der Waals surface area contributed by atoms with E-state index >= 15 is 0 Å². The smallest absolute Gasteiger partial charge is 0.407 e. The molecule has 4 fully saturated rings. The van der Waals surface area contributed by atoms with Crippen LogP contribution < -0.4 is 15.5 Å². The first-order valence-corrected chi connectivity index (χ1v) is 20.7. The molecule has 56 heavy (non-hydrogen) atoms. The first-order chi connectivity index (χ1) is 26.5. The number of nitrogens with one attached hydrogen (secondary N) is 2. The monoisotopic (exact) mass is 803 g/mol. The molecule has 4 atom stereocenters. The fourth-order valence-electron chi connectivity index (χ4n) is 9.70. The number of piperidine rings is 2. The summed E-state index contributed by atoms with van der Waals surface area (Å²) in [5.41, 5.74) is -0.272. The number of likely N-dealkylation sites (tertiary alicyclic amines) is 2. The average molecular weight is 804 g/mol. The van der Waals surface area contributed by atoms with Gasteiger partial charge in [-0.3, -0.25) is 9.59 Å². The summed E-state index contributed by atoms with van der Waals surface area (Å²) in [6.45, 7) is 6.14. The second-order valence-electron chi connectivity index (χ2n) is 16.0. The molecular formula is C40H52F3N5O7S. The third-order valence-corrected chi connectivity index (χ3v) is 14.4. The van der Waals surface area contributed by atoms with Gasteiger partial charge >= 0.3 is 6.09 Å². The molecule has 2 aromatic rings. The number of hydrogen-bond donors (Lipinski definition) is 3. The molecule has 6 rings (SSSR count). The van der Waals surface area contributed by atoms with E-state index in [0.29, 0.717) is 51.3 Å². The van der Waals surface area contributed by atoms with Crippen LogP contribution in [-0.2, 0) is 29.6 Å². The van der Waals surface area contributed by atoms with Gasteiger partial charge in [-0.1, -0.05) is 25.1 Å². The lowest BCUT2D eigenvalue weighted by molar-refractivity contribution is -0.136. The number of alkyl carbamates (subject to hydrolysis) is 1. The van der Waals surface area contributed by atoms with Crippen LogP contribution in [-0.4, -0.2) is 124 Å². The molecule has 0 aromatic heterocycles. The maximum atomic E-state index is 14.9. The minimum absolute atomic E-state index is 0.0187. The number of rotatable bonds is 12. The lowest BCUT2D eigenvalue weighted by Gasteiger charge is -2.53. The molecule has 16 heteroatoms. The van der Waals surface area contributed by atoms with Gasteiger partial charge in [-0.2, -0.15) is 0 Å². The maximum Gasteiger partial charge on any atom is 0.407 e. The molecule has 0 unspecified atom stereocenters. The van der Waals surface area contributed by atoms with Crippen molar-refractivity contribution in [1.29, 1.82) is 0 Å². The van der Waals surface area contributed by atoms with E-state index in [0.717, 1.165) is 35.8 Å². The van der Waals surface area contributed by atoms with Gasteiger partial charge in [0.15, 0.2) is 9.84 Å². The quantitative estimate of drug-likeness (QED) is 0.272. The Balaban J connectivity index is 1.11. The number of carbonyl (C=O) groups is 3. The minimum atomic E-state index is -4.19. The number of ether oxygens (including phenoxy) is 1. The van der Waals surface area contributed by atoms with Gasteiger partial charge in [0.1, 0.15) is 11.4 Å². The third-order valence-electron chi connectivity index (χ3n) is 12.3. The van der Waals surface area contributed by atoms with Gasteiger partial charge in [0, 0.05) is 63.2 Å². The van der Waals surface area contributed by atoms with Gasteiger partial charge in [-0.05, 0) is 98.6 Å². The predicted molar refractivity (Wildman–Crippen MR) is 204 cm³/mol. The fraction of sp³-hybridized carbons (Fsp3) is 0.575. The number of alkyl halides is 2. The normalized spacial score (nSPS) is 25.1. The number of anilines is 1. The van der Waals surface area contributed by atoms with E-state index in [4.69, 9.17) is 4.74 Å². The molecule has 3 N–H and O–H groups in total. The molecular weight excluding hydrogens is 752 g/mol. The summed E-state index contributed by atoms with van der Waals surface area (Å²) in [7, 11) is -2.87. The highest BCUT2D eigenvalue weighted by molar-refractivity contribution is 7.92. The molecule has 12 nitrogen and oxygen atoms in total. The van der Waals surface area contributed by atoms with Gasteiger partial charge in [0.25, 0.3) is 5.92 Å². The van der Waals surface area contributed by atoms with E-state index in [-0.39, 0.29) is 47.6 Å². The zero-order valence-electron chi connectivity index (χ0n) is 31.9. The molecule has 3 heterocycles. The van der Waals surface area contributed by atoms with Crippen molar-refractivity contribution in [2.24, 2.45) is 11.8 Å². The van der Waals surface area contributed by atoms with Crippen LogP contribution in [0.5, 0.6) is 0 Å². The number of benzene rings is 2. The summed E-state index contributed by atoms with van der Waals surface area (Å²) in [6, 6.07) is 12.2. The van der Waals surface area contributed by atoms with Gasteiger partial charge in [0.05, 0.1) is 23.8 Å². The summed E-state index contributed by atoms with van der Waals surface area (Å²) in [5.74, 6) is -4.76. The molecule has 2 aromatic carbocycles. The van der Waals surface area contributed by atoms with Crippen molar-refractivity contribution in [2.45, 2.75) is 78.6 Å². The van der Waals surface area contributed by atoms with E-state index in [1.807, 2.05) is 11.0 Å². The lowest BCUT2D eigenvalue weighted by Crippen LogP contribution is -2.67. The topological polar surface area (TPSA) is 149 Å². The van der Waals surface area contributed by atoms with Crippen molar-refractivity contribution in [2.75, 3.05) is 64.4 Å². The Morgan fingerprint density at radius 1 is 1.05 bits per heavy atom. The van der Waals surface area contributed by atoms with Crippen molar-refractivity contribution in [3.05, 3.63) is 72.6 Å². The first kappa shape index (κ1) is 41.5. The summed E-state index contributed by atoms with van der Waals surface area (Å²) in [5, 5.41) is 16.1. The Kier molecular flexibility index (Phi) is 12.1. The molecule has 0 spiro atoms. The van der Waals surface area contributed by atoms with Crippen molar-refractivity contribution in [3.63, 3.8) is 0 Å². The van der Waals surface area contributed by atoms with Gasteiger partial charge < -0.3 is 35.2 Å². The molecule has 3 amide bonds. The molecule has 3 aliphatic heterocycles. The molecule has 4 aliphatic rings. The van der Waals surface area contributed by atoms with Crippen LogP contribution in [0.25, 0.3) is 0 Å². The predicted octanol–water partition coefficient (Wildman–Crippen LogP) is 3.88. The molecule has 0 bridgehead atoms. The molecule has 0 radical (unpaired) electrons. The second-order valence-corrected chi connectivity index (χ2v) is 18.2. The lowest BCUT2D eigenvalue weighted by atomic mass is 9.58. The summed E-state index contributed by atoms with van der Waals surface area (Å²) < 4.78 is 75.6. The second kappa shape index (κ2) is 16.4. The zero-order chi connectivity index (χ0) is 40.5. The van der Waals surface area contributed by atoms with Crippen LogP contribution in [0.4, 0.5) is 23.7 Å². The van der Waals surface area contributed by atoms with Crippen LogP contribution in [0.2, 0.25) is 0 Å². The first-order valence-electron chi connectivity index (χ1n) is 19.2. The number of sulfone groups is 1. The highest BCUT2D eigenvalue weighted by Crippen LogP contribution is 2.50. The van der Waals surface area contributed by atoms with Crippen molar-refractivity contribution >= 4 is 33.4 Å². The number of aliphatic hydroxyl groups is 1. The Bertz CT molecular complexity index is 1890. The highest BCUT2D eigenvalue weighted by atomic mass is 32.2. The number of amides is 3. The van der Waals surface area contributed by atoms with Gasteiger partial charge in [-0.25, -0.2) is 26.4 Å². The van der Waals surface area contributed by atoms with Crippen molar-refractivity contribution in [1.82, 2.24) is 20.4 Å². The number of nitrogens with zero attached hydrogens (tertiary/aromatic N) is 3. The number of carbonyl (C=O) groups excluding carboxylic acids is 3. The number of hydrogen-bond acceptors (Lipinski definition) is 9. The molecule has 3 saturated heterocycles. The number of halogens is 3. The number of β-amino-alcohol motifs (C(OH)–C–C–N with tert-alkyl or cyclic N) is 1. The third kappa shape index (κ3) is 8.71. The molecule has 1 saturated carbocycles. The fourth-order valence-corrected chi connectivity index (χ4v) is 11.4. The molecule has 1 aliphatic carbocycles. The van der Waals surface area contributed by atoms with Crippen molar-refractivity contribution in [3.8, 4) is 0 Å². The van der Waals surface area contributed by atoms with Crippen LogP contribution in [0.15, 0.2) is 66.1 Å². The van der Waals surface area contributed by atoms with Crippen LogP contribution in [0.1, 0.15) is 51.0 Å². The number of methoxy groups -OCH3 is 1. The SMILES string of the molecule is C=CC(=O)N1C[C@H](S(=O)(=O)c2ccc(N3CC(O)(CN4CCC([C@@](CNC(C)=O)(c5cccc(F)c5)[C@H]5CCC[C@@H]5NC(=O)OC)CC4)C3)cc2)CC(F)(F)C1. The average Bonchev–Trinajstić information content (AvgIpc) is 3.61. The summed E-state index contributed by atoms with van der Waals surface area (Å²) in [6.07, 6.45) is 3.26. The van der Waals surface area contributed by atoms with E-state index in [2.05, 4.69) is 22.1 Å². The zero-order valence-corrected chi connectivity index (χ0v) is 32.7. The van der Waals surface area contributed by atoms with Crippen LogP contribution in [0, 0.1) is 17.7 Å². The van der Waals surface area contributed by atoms with E-state index in [1.165, 1.54) is 32.2 Å².